The van der Waals surface area contributed by atoms with Crippen LogP contribution in [0.25, 0.3) is 0 Å². The summed E-state index contributed by atoms with van der Waals surface area (Å²) in [4.78, 5) is 2.07. The van der Waals surface area contributed by atoms with Gasteiger partial charge in [-0.05, 0) is 36.7 Å². The van der Waals surface area contributed by atoms with Crippen molar-refractivity contribution in [3.05, 3.63) is 29.6 Å². The first-order valence-electron chi connectivity index (χ1n) is 5.69. The molecule has 0 aliphatic heterocycles. The van der Waals surface area contributed by atoms with Crippen molar-refractivity contribution in [2.45, 2.75) is 20.4 Å². The maximum Gasteiger partial charge on any atom is 0.127 e. The van der Waals surface area contributed by atoms with Gasteiger partial charge in [0.25, 0.3) is 0 Å². The fourth-order valence-electron chi connectivity index (χ4n) is 1.89. The second-order valence-corrected chi connectivity index (χ2v) is 5.36. The van der Waals surface area contributed by atoms with Gasteiger partial charge in [-0.15, -0.1) is 0 Å². The van der Waals surface area contributed by atoms with Gasteiger partial charge in [-0.1, -0.05) is 13.8 Å². The lowest BCUT2D eigenvalue weighted by molar-refractivity contribution is 0.209. The number of hydrogen-bond acceptors (Lipinski definition) is 3. The highest BCUT2D eigenvalue weighted by Crippen LogP contribution is 2.18. The van der Waals surface area contributed by atoms with E-state index in [4.69, 9.17) is 5.73 Å². The van der Waals surface area contributed by atoms with E-state index in [2.05, 4.69) is 18.7 Å². The van der Waals surface area contributed by atoms with Crippen molar-refractivity contribution < 1.29 is 9.50 Å². The number of nitrogens with two attached hydrogens (primary N) is 1. The summed E-state index contributed by atoms with van der Waals surface area (Å²) in [6.45, 7) is 6.19. The largest absolute Gasteiger partial charge is 0.508 e. The molecular formula is C13H21FN2O. The summed E-state index contributed by atoms with van der Waals surface area (Å²) in [6.07, 6.45) is 0. The van der Waals surface area contributed by atoms with Gasteiger partial charge in [-0.2, -0.15) is 0 Å². The molecule has 0 radical (unpaired) electrons. The van der Waals surface area contributed by atoms with Crippen LogP contribution in [0.5, 0.6) is 5.75 Å². The summed E-state index contributed by atoms with van der Waals surface area (Å²) in [6, 6.07) is 4.12. The molecule has 0 heterocycles. The van der Waals surface area contributed by atoms with E-state index in [9.17, 15) is 9.50 Å². The SMILES string of the molecule is CN(Cc1cc(O)cc(F)c1)CC(C)(C)CN. The van der Waals surface area contributed by atoms with Gasteiger partial charge in [0.2, 0.25) is 0 Å². The Labute approximate surface area is 102 Å². The van der Waals surface area contributed by atoms with E-state index in [1.54, 1.807) is 6.07 Å². The normalized spacial score (nSPS) is 12.1. The van der Waals surface area contributed by atoms with Crippen molar-refractivity contribution in [2.75, 3.05) is 20.1 Å². The third-order valence-corrected chi connectivity index (χ3v) is 2.65. The van der Waals surface area contributed by atoms with Crippen LogP contribution in [0.3, 0.4) is 0 Å². The molecule has 0 saturated carbocycles. The third-order valence-electron chi connectivity index (χ3n) is 2.65. The van der Waals surface area contributed by atoms with Crippen LogP contribution >= 0.6 is 0 Å². The quantitative estimate of drug-likeness (QED) is 0.827. The standard InChI is InChI=1S/C13H21FN2O/c1-13(2,8-15)9-16(3)7-10-4-11(14)6-12(17)5-10/h4-6,17H,7-9,15H2,1-3H3. The van der Waals surface area contributed by atoms with E-state index in [-0.39, 0.29) is 11.2 Å². The average Bonchev–Trinajstić information content (AvgIpc) is 2.14. The number of rotatable bonds is 5. The molecule has 0 aromatic heterocycles. The summed E-state index contributed by atoms with van der Waals surface area (Å²) in [5.41, 5.74) is 6.46. The number of phenolic OH excluding ortho intramolecular Hbond substituents is 1. The van der Waals surface area contributed by atoms with Crippen molar-refractivity contribution in [1.29, 1.82) is 0 Å². The number of nitrogens with zero attached hydrogens (tertiary/aromatic N) is 1. The number of aromatic hydroxyl groups is 1. The molecule has 1 aromatic rings. The predicted octanol–water partition coefficient (Wildman–Crippen LogP) is 1.95. The lowest BCUT2D eigenvalue weighted by Crippen LogP contribution is -2.36. The van der Waals surface area contributed by atoms with E-state index in [1.807, 2.05) is 7.05 Å². The summed E-state index contributed by atoms with van der Waals surface area (Å²) in [5.74, 6) is -0.446. The van der Waals surface area contributed by atoms with Gasteiger partial charge in [0.05, 0.1) is 0 Å². The summed E-state index contributed by atoms with van der Waals surface area (Å²) >= 11 is 0. The second-order valence-electron chi connectivity index (χ2n) is 5.36. The number of halogens is 1. The van der Waals surface area contributed by atoms with Gasteiger partial charge >= 0.3 is 0 Å². The number of phenols is 1. The smallest absolute Gasteiger partial charge is 0.127 e. The molecule has 1 rings (SSSR count). The number of hydrogen-bond donors (Lipinski definition) is 2. The molecule has 0 unspecified atom stereocenters. The summed E-state index contributed by atoms with van der Waals surface area (Å²) < 4.78 is 13.1. The first-order valence-corrected chi connectivity index (χ1v) is 5.69. The molecule has 0 fully saturated rings. The zero-order valence-electron chi connectivity index (χ0n) is 10.7. The minimum absolute atomic E-state index is 0.0319. The van der Waals surface area contributed by atoms with Gasteiger partial charge in [-0.3, -0.25) is 0 Å². The topological polar surface area (TPSA) is 49.5 Å². The Balaban J connectivity index is 2.65. The molecule has 96 valence electrons. The first-order chi connectivity index (χ1) is 7.82. The fraction of sp³-hybridized carbons (Fsp3) is 0.538. The Morgan fingerprint density at radius 1 is 1.35 bits per heavy atom. The van der Waals surface area contributed by atoms with Crippen molar-refractivity contribution in [2.24, 2.45) is 11.1 Å². The highest BCUT2D eigenvalue weighted by Gasteiger charge is 2.18. The van der Waals surface area contributed by atoms with E-state index in [0.29, 0.717) is 13.1 Å². The van der Waals surface area contributed by atoms with Gasteiger partial charge in [0, 0.05) is 19.2 Å². The maximum absolute atomic E-state index is 13.1. The lowest BCUT2D eigenvalue weighted by atomic mass is 9.93. The van der Waals surface area contributed by atoms with E-state index in [0.717, 1.165) is 18.2 Å². The van der Waals surface area contributed by atoms with Crippen molar-refractivity contribution >= 4 is 0 Å². The molecule has 0 bridgehead atoms. The second kappa shape index (κ2) is 5.47. The highest BCUT2D eigenvalue weighted by molar-refractivity contribution is 5.28. The minimum atomic E-state index is -0.411. The Morgan fingerprint density at radius 2 is 2.00 bits per heavy atom. The van der Waals surface area contributed by atoms with Gasteiger partial charge in [0.1, 0.15) is 11.6 Å². The fourth-order valence-corrected chi connectivity index (χ4v) is 1.89. The molecule has 3 nitrogen and oxygen atoms in total. The molecule has 0 aliphatic rings. The van der Waals surface area contributed by atoms with Crippen LogP contribution in [0.4, 0.5) is 4.39 Å². The van der Waals surface area contributed by atoms with Crippen LogP contribution in [0.1, 0.15) is 19.4 Å². The molecule has 0 saturated heterocycles. The van der Waals surface area contributed by atoms with Gasteiger partial charge in [0.15, 0.2) is 0 Å². The highest BCUT2D eigenvalue weighted by atomic mass is 19.1. The molecule has 1 aromatic carbocycles. The minimum Gasteiger partial charge on any atom is -0.508 e. The zero-order valence-corrected chi connectivity index (χ0v) is 10.7. The lowest BCUT2D eigenvalue weighted by Gasteiger charge is -2.29. The molecule has 0 aliphatic carbocycles. The maximum atomic E-state index is 13.1. The van der Waals surface area contributed by atoms with Crippen LogP contribution in [-0.4, -0.2) is 30.1 Å². The van der Waals surface area contributed by atoms with E-state index in [1.165, 1.54) is 6.07 Å². The summed E-state index contributed by atoms with van der Waals surface area (Å²) in [5, 5.41) is 9.31. The molecule has 3 N–H and O–H groups in total. The molecule has 17 heavy (non-hydrogen) atoms. The average molecular weight is 240 g/mol. The van der Waals surface area contributed by atoms with E-state index >= 15 is 0 Å². The van der Waals surface area contributed by atoms with Gasteiger partial charge in [-0.25, -0.2) is 4.39 Å². The number of benzene rings is 1. The zero-order chi connectivity index (χ0) is 13.1. The summed E-state index contributed by atoms with van der Waals surface area (Å²) in [7, 11) is 1.96. The predicted molar refractivity (Wildman–Crippen MR) is 67.2 cm³/mol. The molecule has 0 amide bonds. The monoisotopic (exact) mass is 240 g/mol. The Hall–Kier alpha value is -1.13. The van der Waals surface area contributed by atoms with Crippen molar-refractivity contribution in [3.63, 3.8) is 0 Å². The van der Waals surface area contributed by atoms with Crippen molar-refractivity contribution in [1.82, 2.24) is 4.90 Å². The molecule has 0 spiro atoms. The van der Waals surface area contributed by atoms with Crippen LogP contribution in [0.15, 0.2) is 18.2 Å². The van der Waals surface area contributed by atoms with Crippen LogP contribution in [0.2, 0.25) is 0 Å². The first kappa shape index (κ1) is 13.9. The van der Waals surface area contributed by atoms with Crippen LogP contribution in [0, 0.1) is 11.2 Å². The van der Waals surface area contributed by atoms with E-state index < -0.39 is 5.82 Å². The van der Waals surface area contributed by atoms with Crippen LogP contribution in [-0.2, 0) is 6.54 Å². The third kappa shape index (κ3) is 4.71. The Bertz CT molecular complexity index is 359. The molecule has 4 heteroatoms. The molecule has 0 atom stereocenters. The molecular weight excluding hydrogens is 219 g/mol. The van der Waals surface area contributed by atoms with Crippen LogP contribution < -0.4 is 5.73 Å². The van der Waals surface area contributed by atoms with Crippen molar-refractivity contribution in [3.8, 4) is 5.75 Å². The van der Waals surface area contributed by atoms with Gasteiger partial charge < -0.3 is 15.7 Å². The Morgan fingerprint density at radius 3 is 2.53 bits per heavy atom. The Kier molecular flexibility index (Phi) is 4.48.